The Morgan fingerprint density at radius 2 is 1.62 bits per heavy atom. The van der Waals surface area contributed by atoms with Gasteiger partial charge in [-0.1, -0.05) is 38.5 Å². The van der Waals surface area contributed by atoms with Crippen LogP contribution in [0.15, 0.2) is 75.1 Å². The number of anilines is 1. The molecule has 1 unspecified atom stereocenters. The molecule has 0 saturated heterocycles. The van der Waals surface area contributed by atoms with Crippen LogP contribution in [0, 0.1) is 6.92 Å². The van der Waals surface area contributed by atoms with Crippen LogP contribution in [0.4, 0.5) is 5.69 Å². The maximum Gasteiger partial charge on any atom is 0.336 e. The molecule has 0 fully saturated rings. The van der Waals surface area contributed by atoms with Gasteiger partial charge in [0.2, 0.25) is 0 Å². The van der Waals surface area contributed by atoms with Crippen molar-refractivity contribution < 1.29 is 27.3 Å². The number of esters is 1. The van der Waals surface area contributed by atoms with E-state index < -0.39 is 37.2 Å². The third kappa shape index (κ3) is 6.71. The zero-order valence-electron chi connectivity index (χ0n) is 22.8. The van der Waals surface area contributed by atoms with E-state index in [1.165, 1.54) is 13.4 Å². The molecule has 0 amide bonds. The van der Waals surface area contributed by atoms with Gasteiger partial charge >= 0.3 is 5.97 Å². The lowest BCUT2D eigenvalue weighted by atomic mass is 10.1. The summed E-state index contributed by atoms with van der Waals surface area (Å²) in [6.07, 6.45) is 0.438. The molecule has 1 aromatic heterocycles. The number of carbonyl (C=O) groups excluding carboxylic acids is 1. The van der Waals surface area contributed by atoms with Crippen LogP contribution < -0.4 is 10.1 Å². The summed E-state index contributed by atoms with van der Waals surface area (Å²) in [7, 11) is -1.05. The van der Waals surface area contributed by atoms with Gasteiger partial charge in [0.05, 0.1) is 36.2 Å². The molecule has 3 aromatic rings. The van der Waals surface area contributed by atoms with Gasteiger partial charge in [-0.2, -0.15) is 0 Å². The second-order valence-electron chi connectivity index (χ2n) is 10.4. The first-order valence-electron chi connectivity index (χ1n) is 12.1. The molecule has 2 aromatic carbocycles. The molecule has 0 bridgehead atoms. The largest absolute Gasteiger partial charge is 0.497 e. The van der Waals surface area contributed by atoms with Gasteiger partial charge in [-0.25, -0.2) is 9.00 Å². The summed E-state index contributed by atoms with van der Waals surface area (Å²) in [6, 6.07) is 15.7. The normalized spacial score (nSPS) is 14.5. The number of ether oxygens (including phenoxy) is 2. The minimum absolute atomic E-state index is 0.166. The molecule has 0 aliphatic rings. The molecule has 0 radical (unpaired) electrons. The molecular weight excluding hydrogens is 506 g/mol. The van der Waals surface area contributed by atoms with Crippen molar-refractivity contribution >= 4 is 30.8 Å². The minimum atomic E-state index is -2.45. The topological polar surface area (TPSA) is 87.0 Å². The van der Waals surface area contributed by atoms with Crippen molar-refractivity contribution in [1.29, 1.82) is 0 Å². The Balaban J connectivity index is 2.12. The Hall–Kier alpha value is -2.88. The fraction of sp³-hybridized carbons (Fsp3) is 0.393. The molecule has 200 valence electrons. The van der Waals surface area contributed by atoms with Crippen molar-refractivity contribution in [3.63, 3.8) is 0 Å². The fourth-order valence-corrected chi connectivity index (χ4v) is 5.88. The van der Waals surface area contributed by atoms with Crippen LogP contribution in [0.3, 0.4) is 0 Å². The standard InChI is InChI=1S/C28H37NO6SSi/c1-19-9-15-22(16-10-19)36(31)23-17-18-34-25(23)24(29-20-11-13-21(32-5)14-12-20)26(27(30)33-6)35-37(7,8)28(2,3)4/h9-18,24,26,29H,1-8H3/t24-,26-,36?/m0/s1. The molecule has 37 heavy (non-hydrogen) atoms. The molecule has 3 atom stereocenters. The van der Waals surface area contributed by atoms with Crippen LogP contribution in [0.2, 0.25) is 18.1 Å². The Morgan fingerprint density at radius 3 is 2.16 bits per heavy atom. The molecule has 7 nitrogen and oxygen atoms in total. The number of carbonyl (C=O) groups is 1. The van der Waals surface area contributed by atoms with Gasteiger partial charge < -0.3 is 23.6 Å². The minimum Gasteiger partial charge on any atom is -0.497 e. The third-order valence-corrected chi connectivity index (χ3v) is 12.6. The second-order valence-corrected chi connectivity index (χ2v) is 16.6. The van der Waals surface area contributed by atoms with Crippen LogP contribution in [-0.4, -0.2) is 38.8 Å². The van der Waals surface area contributed by atoms with E-state index in [2.05, 4.69) is 39.2 Å². The van der Waals surface area contributed by atoms with E-state index in [1.54, 1.807) is 13.2 Å². The summed E-state index contributed by atoms with van der Waals surface area (Å²) in [5.41, 5.74) is 1.78. The molecule has 0 spiro atoms. The van der Waals surface area contributed by atoms with Crippen LogP contribution >= 0.6 is 0 Å². The highest BCUT2D eigenvalue weighted by Crippen LogP contribution is 2.41. The van der Waals surface area contributed by atoms with Gasteiger partial charge in [0.25, 0.3) is 0 Å². The van der Waals surface area contributed by atoms with Crippen molar-refractivity contribution in [3.05, 3.63) is 72.2 Å². The molecule has 0 aliphatic heterocycles. The van der Waals surface area contributed by atoms with Crippen molar-refractivity contribution in [1.82, 2.24) is 0 Å². The lowest BCUT2D eigenvalue weighted by Crippen LogP contribution is -2.49. The van der Waals surface area contributed by atoms with Gasteiger partial charge in [0.1, 0.15) is 17.6 Å². The lowest BCUT2D eigenvalue weighted by Gasteiger charge is -2.40. The Morgan fingerprint density at radius 1 is 1.00 bits per heavy atom. The Labute approximate surface area is 223 Å². The van der Waals surface area contributed by atoms with E-state index in [1.807, 2.05) is 55.5 Å². The number of rotatable bonds is 10. The highest BCUT2D eigenvalue weighted by atomic mass is 32.2. The lowest BCUT2D eigenvalue weighted by molar-refractivity contribution is -0.150. The van der Waals surface area contributed by atoms with Crippen molar-refractivity contribution in [2.75, 3.05) is 19.5 Å². The number of methoxy groups -OCH3 is 2. The number of aryl methyl sites for hydroxylation is 1. The maximum atomic E-state index is 13.6. The van der Waals surface area contributed by atoms with E-state index >= 15 is 0 Å². The number of benzene rings is 2. The predicted molar refractivity (Wildman–Crippen MR) is 148 cm³/mol. The fourth-order valence-electron chi connectivity index (χ4n) is 3.49. The van der Waals surface area contributed by atoms with Crippen LogP contribution in [0.5, 0.6) is 5.75 Å². The van der Waals surface area contributed by atoms with E-state index in [0.717, 1.165) is 5.56 Å². The number of furan rings is 1. The molecule has 9 heteroatoms. The van der Waals surface area contributed by atoms with E-state index in [4.69, 9.17) is 18.3 Å². The molecule has 0 saturated carbocycles. The smallest absolute Gasteiger partial charge is 0.336 e. The van der Waals surface area contributed by atoms with Crippen molar-refractivity contribution in [3.8, 4) is 5.75 Å². The van der Waals surface area contributed by atoms with Gasteiger partial charge in [-0.05, 0) is 67.5 Å². The van der Waals surface area contributed by atoms with Crippen LogP contribution in [0.25, 0.3) is 0 Å². The molecule has 1 N–H and O–H groups in total. The van der Waals surface area contributed by atoms with Crippen molar-refractivity contribution in [2.45, 2.75) is 67.8 Å². The van der Waals surface area contributed by atoms with Crippen LogP contribution in [-0.2, 0) is 24.8 Å². The summed E-state index contributed by atoms with van der Waals surface area (Å²) in [4.78, 5) is 14.3. The third-order valence-electron chi connectivity index (χ3n) is 6.75. The summed E-state index contributed by atoms with van der Waals surface area (Å²) in [5, 5.41) is 3.22. The monoisotopic (exact) mass is 543 g/mol. The summed E-state index contributed by atoms with van der Waals surface area (Å²) in [5.74, 6) is 0.506. The molecule has 1 heterocycles. The van der Waals surface area contributed by atoms with Crippen molar-refractivity contribution in [2.24, 2.45) is 0 Å². The zero-order chi connectivity index (χ0) is 27.4. The van der Waals surface area contributed by atoms with Gasteiger partial charge in [0, 0.05) is 10.6 Å². The van der Waals surface area contributed by atoms with Crippen LogP contribution in [0.1, 0.15) is 38.1 Å². The van der Waals surface area contributed by atoms with E-state index in [9.17, 15) is 9.00 Å². The van der Waals surface area contributed by atoms with Gasteiger partial charge in [-0.3, -0.25) is 0 Å². The zero-order valence-corrected chi connectivity index (χ0v) is 24.6. The van der Waals surface area contributed by atoms with E-state index in [-0.39, 0.29) is 5.04 Å². The molecule has 0 aliphatic carbocycles. The second kappa shape index (κ2) is 11.7. The summed E-state index contributed by atoms with van der Waals surface area (Å²) in [6.45, 7) is 12.4. The Kier molecular flexibility index (Phi) is 9.04. The Bertz CT molecular complexity index is 1210. The molecular formula is C28H37NO6SSi. The van der Waals surface area contributed by atoms with Gasteiger partial charge in [-0.15, -0.1) is 0 Å². The van der Waals surface area contributed by atoms with Gasteiger partial charge in [0.15, 0.2) is 14.4 Å². The number of hydrogen-bond acceptors (Lipinski definition) is 7. The average molecular weight is 544 g/mol. The number of nitrogens with one attached hydrogen (secondary N) is 1. The summed E-state index contributed by atoms with van der Waals surface area (Å²) < 4.78 is 36.7. The quantitative estimate of drug-likeness (QED) is 0.231. The highest BCUT2D eigenvalue weighted by molar-refractivity contribution is 7.85. The first-order chi connectivity index (χ1) is 17.4. The molecule has 3 rings (SSSR count). The highest BCUT2D eigenvalue weighted by Gasteiger charge is 2.45. The SMILES string of the molecule is COC(=O)[C@@H](O[Si](C)(C)C(C)(C)C)[C@@H](Nc1ccc(OC)cc1)c1occc1S(=O)c1ccc(C)cc1. The maximum absolute atomic E-state index is 13.6. The van der Waals surface area contributed by atoms with E-state index in [0.29, 0.717) is 27.0 Å². The first-order valence-corrected chi connectivity index (χ1v) is 16.2. The first kappa shape index (κ1) is 28.7. The number of hydrogen-bond donors (Lipinski definition) is 1. The summed E-state index contributed by atoms with van der Waals surface area (Å²) >= 11 is 0. The predicted octanol–water partition coefficient (Wildman–Crippen LogP) is 6.48. The average Bonchev–Trinajstić information content (AvgIpc) is 3.35.